The van der Waals surface area contributed by atoms with Crippen LogP contribution in [0.25, 0.3) is 0 Å². The fraction of sp³-hybridized carbons (Fsp3) is 0.750. The van der Waals surface area contributed by atoms with Crippen molar-refractivity contribution in [1.29, 1.82) is 0 Å². The van der Waals surface area contributed by atoms with Crippen molar-refractivity contribution in [2.24, 2.45) is 11.3 Å². The quantitative estimate of drug-likeness (QED) is 0.895. The summed E-state index contributed by atoms with van der Waals surface area (Å²) in [6.07, 6.45) is 6.39. The van der Waals surface area contributed by atoms with Gasteiger partial charge in [-0.3, -0.25) is 0 Å². The lowest BCUT2D eigenvalue weighted by Gasteiger charge is -2.57. The second-order valence-electron chi connectivity index (χ2n) is 7.26. The molecule has 1 N–H and O–H groups in total. The Hall–Kier alpha value is -1.20. The molecule has 3 aliphatic rings. The molecule has 0 radical (unpaired) electrons. The number of anilines is 1. The summed E-state index contributed by atoms with van der Waals surface area (Å²) in [5, 5.41) is 3.41. The lowest BCUT2D eigenvalue weighted by atomic mass is 9.74. The van der Waals surface area contributed by atoms with Crippen molar-refractivity contribution in [3.05, 3.63) is 18.0 Å². The van der Waals surface area contributed by atoms with E-state index in [-0.39, 0.29) is 0 Å². The summed E-state index contributed by atoms with van der Waals surface area (Å²) < 4.78 is 0. The summed E-state index contributed by atoms with van der Waals surface area (Å²) in [6, 6.07) is 0. The Balaban J connectivity index is 1.24. The van der Waals surface area contributed by atoms with Gasteiger partial charge in [0.05, 0.1) is 0 Å². The van der Waals surface area contributed by atoms with Gasteiger partial charge < -0.3 is 15.1 Å². The molecule has 5 nitrogen and oxygen atoms in total. The van der Waals surface area contributed by atoms with E-state index < -0.39 is 0 Å². The molecule has 0 bridgehead atoms. The van der Waals surface area contributed by atoms with Crippen LogP contribution in [0.1, 0.15) is 18.4 Å². The number of aryl methyl sites for hydroxylation is 1. The molecule has 0 aliphatic carbocycles. The van der Waals surface area contributed by atoms with Crippen LogP contribution in [-0.4, -0.2) is 60.7 Å². The summed E-state index contributed by atoms with van der Waals surface area (Å²) in [5.41, 5.74) is 1.79. The molecule has 4 heterocycles. The van der Waals surface area contributed by atoms with Crippen molar-refractivity contribution in [2.45, 2.75) is 19.8 Å². The molecule has 0 aromatic carbocycles. The van der Waals surface area contributed by atoms with Crippen molar-refractivity contribution in [3.8, 4) is 0 Å². The first-order chi connectivity index (χ1) is 10.2. The van der Waals surface area contributed by atoms with Gasteiger partial charge in [-0.15, -0.1) is 0 Å². The Morgan fingerprint density at radius 1 is 1.19 bits per heavy atom. The molecular weight excluding hydrogens is 262 g/mol. The summed E-state index contributed by atoms with van der Waals surface area (Å²) >= 11 is 0. The van der Waals surface area contributed by atoms with E-state index in [0.29, 0.717) is 5.41 Å². The summed E-state index contributed by atoms with van der Waals surface area (Å²) in [4.78, 5) is 13.9. The molecule has 21 heavy (non-hydrogen) atoms. The standard InChI is InChI=1S/C16H25N5/c1-13-6-18-15(19-7-13)21-4-2-14(3-5-21)8-20-11-16(12-20)9-17-10-16/h6-7,14,17H,2-5,8-12H2,1H3. The Morgan fingerprint density at radius 3 is 2.43 bits per heavy atom. The maximum absolute atomic E-state index is 4.45. The third-order valence-electron chi connectivity index (χ3n) is 5.30. The maximum Gasteiger partial charge on any atom is 0.225 e. The predicted molar refractivity (Wildman–Crippen MR) is 83.4 cm³/mol. The summed E-state index contributed by atoms with van der Waals surface area (Å²) in [5.74, 6) is 1.76. The number of aromatic nitrogens is 2. The minimum absolute atomic E-state index is 0.663. The molecule has 1 spiro atoms. The van der Waals surface area contributed by atoms with Crippen molar-refractivity contribution >= 4 is 5.95 Å². The highest BCUT2D eigenvalue weighted by atomic mass is 15.3. The molecule has 0 atom stereocenters. The number of likely N-dealkylation sites (tertiary alicyclic amines) is 1. The van der Waals surface area contributed by atoms with Crippen LogP contribution in [0.4, 0.5) is 5.95 Å². The normalized spacial score (nSPS) is 25.7. The minimum atomic E-state index is 0.663. The smallest absolute Gasteiger partial charge is 0.225 e. The topological polar surface area (TPSA) is 44.3 Å². The van der Waals surface area contributed by atoms with E-state index in [1.807, 2.05) is 19.3 Å². The van der Waals surface area contributed by atoms with E-state index in [9.17, 15) is 0 Å². The minimum Gasteiger partial charge on any atom is -0.341 e. The highest BCUT2D eigenvalue weighted by Crippen LogP contribution is 2.35. The number of hydrogen-bond acceptors (Lipinski definition) is 5. The Bertz CT molecular complexity index is 480. The van der Waals surface area contributed by atoms with Gasteiger partial charge in [-0.05, 0) is 31.2 Å². The Morgan fingerprint density at radius 2 is 1.86 bits per heavy atom. The first-order valence-electron chi connectivity index (χ1n) is 8.19. The molecular formula is C16H25N5. The molecule has 5 heteroatoms. The van der Waals surface area contributed by atoms with Gasteiger partial charge in [0.15, 0.2) is 0 Å². The van der Waals surface area contributed by atoms with Crippen molar-refractivity contribution in [3.63, 3.8) is 0 Å². The van der Waals surface area contributed by atoms with Crippen LogP contribution in [0.15, 0.2) is 12.4 Å². The summed E-state index contributed by atoms with van der Waals surface area (Å²) in [7, 11) is 0. The van der Waals surface area contributed by atoms with Crippen LogP contribution < -0.4 is 10.2 Å². The Labute approximate surface area is 126 Å². The lowest BCUT2D eigenvalue weighted by molar-refractivity contribution is -0.0485. The fourth-order valence-electron chi connectivity index (χ4n) is 3.96. The first kappa shape index (κ1) is 13.5. The van der Waals surface area contributed by atoms with Crippen molar-refractivity contribution in [1.82, 2.24) is 20.2 Å². The highest BCUT2D eigenvalue weighted by Gasteiger charge is 2.47. The molecule has 0 amide bonds. The van der Waals surface area contributed by atoms with E-state index >= 15 is 0 Å². The zero-order valence-corrected chi connectivity index (χ0v) is 12.9. The number of nitrogens with zero attached hydrogens (tertiary/aromatic N) is 4. The van der Waals surface area contributed by atoms with E-state index in [0.717, 1.165) is 30.5 Å². The number of hydrogen-bond donors (Lipinski definition) is 1. The van der Waals surface area contributed by atoms with Gasteiger partial charge in [-0.1, -0.05) is 0 Å². The first-order valence-corrected chi connectivity index (χ1v) is 8.19. The van der Waals surface area contributed by atoms with Gasteiger partial charge in [-0.2, -0.15) is 0 Å². The average molecular weight is 287 g/mol. The van der Waals surface area contributed by atoms with Crippen LogP contribution in [0.3, 0.4) is 0 Å². The van der Waals surface area contributed by atoms with Crippen molar-refractivity contribution < 1.29 is 0 Å². The molecule has 4 rings (SSSR count). The summed E-state index contributed by atoms with van der Waals surface area (Å²) in [6.45, 7) is 10.7. The SMILES string of the molecule is Cc1cnc(N2CCC(CN3CC4(CNC4)C3)CC2)nc1. The molecule has 0 saturated carbocycles. The van der Waals surface area contributed by atoms with Gasteiger partial charge >= 0.3 is 0 Å². The van der Waals surface area contributed by atoms with Crippen molar-refractivity contribution in [2.75, 3.05) is 50.7 Å². The Kier molecular flexibility index (Phi) is 3.34. The van der Waals surface area contributed by atoms with E-state index in [4.69, 9.17) is 0 Å². The molecule has 1 aromatic heterocycles. The van der Waals surface area contributed by atoms with Crippen LogP contribution >= 0.6 is 0 Å². The maximum atomic E-state index is 4.45. The molecule has 0 unspecified atom stereocenters. The lowest BCUT2D eigenvalue weighted by Crippen LogP contribution is -2.71. The predicted octanol–water partition coefficient (Wildman–Crippen LogP) is 0.907. The molecule has 3 fully saturated rings. The van der Waals surface area contributed by atoms with E-state index in [2.05, 4.69) is 25.1 Å². The second-order valence-corrected chi connectivity index (χ2v) is 7.26. The number of rotatable bonds is 3. The zero-order valence-electron chi connectivity index (χ0n) is 12.9. The van der Waals surface area contributed by atoms with Crippen LogP contribution in [-0.2, 0) is 0 Å². The highest BCUT2D eigenvalue weighted by molar-refractivity contribution is 5.30. The average Bonchev–Trinajstić information content (AvgIpc) is 2.42. The van der Waals surface area contributed by atoms with Gasteiger partial charge in [0, 0.05) is 63.6 Å². The number of nitrogens with one attached hydrogen (secondary N) is 1. The largest absolute Gasteiger partial charge is 0.341 e. The fourth-order valence-corrected chi connectivity index (χ4v) is 3.96. The van der Waals surface area contributed by atoms with Crippen LogP contribution in [0, 0.1) is 18.3 Å². The molecule has 114 valence electrons. The monoisotopic (exact) mass is 287 g/mol. The van der Waals surface area contributed by atoms with Gasteiger partial charge in [0.2, 0.25) is 5.95 Å². The molecule has 1 aromatic rings. The van der Waals surface area contributed by atoms with Gasteiger partial charge in [-0.25, -0.2) is 9.97 Å². The third-order valence-corrected chi connectivity index (χ3v) is 5.30. The van der Waals surface area contributed by atoms with E-state index in [1.54, 1.807) is 0 Å². The number of piperidine rings is 1. The van der Waals surface area contributed by atoms with Crippen LogP contribution in [0.2, 0.25) is 0 Å². The zero-order chi connectivity index (χ0) is 14.3. The third kappa shape index (κ3) is 2.64. The second kappa shape index (κ2) is 5.21. The van der Waals surface area contributed by atoms with Gasteiger partial charge in [0.25, 0.3) is 0 Å². The van der Waals surface area contributed by atoms with Gasteiger partial charge in [0.1, 0.15) is 0 Å². The van der Waals surface area contributed by atoms with Crippen LogP contribution in [0.5, 0.6) is 0 Å². The molecule has 3 aliphatic heterocycles. The van der Waals surface area contributed by atoms with E-state index in [1.165, 1.54) is 45.6 Å². The molecule has 3 saturated heterocycles.